The largest absolute Gasteiger partial charge is 0.416 e. The second kappa shape index (κ2) is 6.34. The minimum atomic E-state index is -4.57. The highest BCUT2D eigenvalue weighted by Gasteiger charge is 2.38. The Hall–Kier alpha value is -2.41. The van der Waals surface area contributed by atoms with Crippen molar-refractivity contribution in [2.75, 3.05) is 0 Å². The van der Waals surface area contributed by atoms with Gasteiger partial charge in [-0.2, -0.15) is 18.2 Å². The van der Waals surface area contributed by atoms with E-state index in [-0.39, 0.29) is 28.6 Å². The number of para-hydroxylation sites is 1. The highest BCUT2D eigenvalue weighted by atomic mass is 35.5. The Bertz CT molecular complexity index is 1090. The highest BCUT2D eigenvalue weighted by Crippen LogP contribution is 2.38. The molecule has 1 aliphatic carbocycles. The molecule has 0 radical (unpaired) electrons. The standard InChI is InChI=1S/C19H13ClF4N2O/c20-13-3-1-2-4-16(13)26-17-9-11(19(22,23)24)5-6-12(17)15(25-18(26)27)8-10-7-14(10)21/h1-6,9-10,14H,7-8H2/t10-,14-/m1/s1. The summed E-state index contributed by atoms with van der Waals surface area (Å²) < 4.78 is 54.0. The molecule has 0 saturated heterocycles. The summed E-state index contributed by atoms with van der Waals surface area (Å²) in [5.74, 6) is -0.251. The Labute approximate surface area is 156 Å². The summed E-state index contributed by atoms with van der Waals surface area (Å²) in [5.41, 5.74) is -1.05. The molecule has 8 heteroatoms. The second-order valence-corrected chi connectivity index (χ2v) is 6.98. The minimum Gasteiger partial charge on any atom is -0.259 e. The predicted octanol–water partition coefficient (Wildman–Crippen LogP) is 4.96. The molecule has 1 saturated carbocycles. The van der Waals surface area contributed by atoms with Gasteiger partial charge in [-0.25, -0.2) is 9.18 Å². The Morgan fingerprint density at radius 2 is 1.89 bits per heavy atom. The maximum absolute atomic E-state index is 13.3. The molecule has 0 N–H and O–H groups in total. The fourth-order valence-electron chi connectivity index (χ4n) is 3.16. The normalized spacial score (nSPS) is 19.4. The van der Waals surface area contributed by atoms with Crippen LogP contribution < -0.4 is 5.69 Å². The van der Waals surface area contributed by atoms with Crippen molar-refractivity contribution < 1.29 is 17.6 Å². The van der Waals surface area contributed by atoms with Gasteiger partial charge in [0.05, 0.1) is 27.5 Å². The van der Waals surface area contributed by atoms with Gasteiger partial charge in [0.2, 0.25) is 0 Å². The lowest BCUT2D eigenvalue weighted by molar-refractivity contribution is -0.137. The molecule has 3 aromatic rings. The predicted molar refractivity (Wildman–Crippen MR) is 94.1 cm³/mol. The van der Waals surface area contributed by atoms with Gasteiger partial charge in [0, 0.05) is 5.39 Å². The van der Waals surface area contributed by atoms with E-state index in [1.165, 1.54) is 18.2 Å². The van der Waals surface area contributed by atoms with Crippen LogP contribution in [-0.2, 0) is 12.6 Å². The number of benzene rings is 2. The van der Waals surface area contributed by atoms with E-state index < -0.39 is 23.6 Å². The maximum atomic E-state index is 13.3. The number of aromatic nitrogens is 2. The second-order valence-electron chi connectivity index (χ2n) is 6.57. The van der Waals surface area contributed by atoms with Crippen molar-refractivity contribution in [2.45, 2.75) is 25.2 Å². The first-order chi connectivity index (χ1) is 12.8. The first-order valence-electron chi connectivity index (χ1n) is 8.27. The lowest BCUT2D eigenvalue weighted by Gasteiger charge is -2.15. The molecule has 0 aliphatic heterocycles. The van der Waals surface area contributed by atoms with E-state index >= 15 is 0 Å². The number of fused-ring (bicyclic) bond motifs is 1. The number of halogens is 5. The molecule has 27 heavy (non-hydrogen) atoms. The summed E-state index contributed by atoms with van der Waals surface area (Å²) in [7, 11) is 0. The Morgan fingerprint density at radius 1 is 1.19 bits per heavy atom. The van der Waals surface area contributed by atoms with Crippen molar-refractivity contribution in [2.24, 2.45) is 5.92 Å². The molecular formula is C19H13ClF4N2O. The van der Waals surface area contributed by atoms with E-state index in [1.807, 2.05) is 0 Å². The Kier molecular flexibility index (Phi) is 4.22. The number of rotatable bonds is 3. The lowest BCUT2D eigenvalue weighted by Crippen LogP contribution is -2.24. The van der Waals surface area contributed by atoms with Crippen LogP contribution in [0.25, 0.3) is 16.6 Å². The van der Waals surface area contributed by atoms with Gasteiger partial charge in [0.1, 0.15) is 6.17 Å². The van der Waals surface area contributed by atoms with Crippen LogP contribution in [0.5, 0.6) is 0 Å². The van der Waals surface area contributed by atoms with E-state index in [0.29, 0.717) is 17.5 Å². The molecule has 140 valence electrons. The molecular weight excluding hydrogens is 384 g/mol. The van der Waals surface area contributed by atoms with Crippen LogP contribution in [0, 0.1) is 5.92 Å². The third-order valence-electron chi connectivity index (χ3n) is 4.68. The topological polar surface area (TPSA) is 34.9 Å². The zero-order chi connectivity index (χ0) is 19.3. The Balaban J connectivity index is 2.01. The van der Waals surface area contributed by atoms with Gasteiger partial charge >= 0.3 is 11.9 Å². The van der Waals surface area contributed by atoms with Crippen LogP contribution in [0.15, 0.2) is 47.3 Å². The van der Waals surface area contributed by atoms with Crippen LogP contribution in [0.2, 0.25) is 5.02 Å². The van der Waals surface area contributed by atoms with E-state index in [9.17, 15) is 22.4 Å². The van der Waals surface area contributed by atoms with E-state index in [1.54, 1.807) is 12.1 Å². The van der Waals surface area contributed by atoms with E-state index in [2.05, 4.69) is 4.98 Å². The van der Waals surface area contributed by atoms with Crippen molar-refractivity contribution in [1.29, 1.82) is 0 Å². The molecule has 0 amide bonds. The van der Waals surface area contributed by atoms with Crippen molar-refractivity contribution in [3.05, 3.63) is 69.2 Å². The fraction of sp³-hybridized carbons (Fsp3) is 0.263. The fourth-order valence-corrected chi connectivity index (χ4v) is 3.38. The number of hydrogen-bond donors (Lipinski definition) is 0. The smallest absolute Gasteiger partial charge is 0.259 e. The number of hydrogen-bond acceptors (Lipinski definition) is 2. The average molecular weight is 397 g/mol. The summed E-state index contributed by atoms with van der Waals surface area (Å²) in [4.78, 5) is 16.7. The van der Waals surface area contributed by atoms with Gasteiger partial charge in [-0.1, -0.05) is 29.8 Å². The average Bonchev–Trinajstić information content (AvgIpc) is 3.30. The zero-order valence-electron chi connectivity index (χ0n) is 13.8. The third kappa shape index (κ3) is 3.32. The number of alkyl halides is 4. The SMILES string of the molecule is O=c1nc(C[C@H]2C[C@H]2F)c2ccc(C(F)(F)F)cc2n1-c1ccccc1Cl. The number of nitrogens with zero attached hydrogens (tertiary/aromatic N) is 2. The quantitative estimate of drug-likeness (QED) is 0.587. The Morgan fingerprint density at radius 3 is 2.52 bits per heavy atom. The van der Waals surface area contributed by atoms with Crippen molar-refractivity contribution in [1.82, 2.24) is 9.55 Å². The van der Waals surface area contributed by atoms with Crippen molar-refractivity contribution in [3.63, 3.8) is 0 Å². The molecule has 1 aromatic heterocycles. The van der Waals surface area contributed by atoms with Gasteiger partial charge in [-0.3, -0.25) is 4.57 Å². The van der Waals surface area contributed by atoms with Crippen molar-refractivity contribution >= 4 is 22.5 Å². The monoisotopic (exact) mass is 396 g/mol. The van der Waals surface area contributed by atoms with E-state index in [4.69, 9.17) is 11.6 Å². The summed E-state index contributed by atoms with van der Waals surface area (Å²) >= 11 is 6.15. The first kappa shape index (κ1) is 18.0. The molecule has 4 rings (SSSR count). The molecule has 2 aromatic carbocycles. The molecule has 0 bridgehead atoms. The van der Waals surface area contributed by atoms with Gasteiger partial charge < -0.3 is 0 Å². The van der Waals surface area contributed by atoms with Gasteiger partial charge in [0.25, 0.3) is 0 Å². The van der Waals surface area contributed by atoms with Crippen LogP contribution in [0.4, 0.5) is 17.6 Å². The van der Waals surface area contributed by atoms with Crippen LogP contribution >= 0.6 is 11.6 Å². The van der Waals surface area contributed by atoms with Crippen LogP contribution in [0.1, 0.15) is 17.7 Å². The van der Waals surface area contributed by atoms with Gasteiger partial charge in [0.15, 0.2) is 0 Å². The zero-order valence-corrected chi connectivity index (χ0v) is 14.6. The molecule has 1 aliphatic rings. The summed E-state index contributed by atoms with van der Waals surface area (Å²) in [6.07, 6.45) is -4.94. The molecule has 1 fully saturated rings. The van der Waals surface area contributed by atoms with Crippen LogP contribution in [0.3, 0.4) is 0 Å². The van der Waals surface area contributed by atoms with Crippen LogP contribution in [-0.4, -0.2) is 15.7 Å². The highest BCUT2D eigenvalue weighted by molar-refractivity contribution is 6.32. The lowest BCUT2D eigenvalue weighted by atomic mass is 10.1. The van der Waals surface area contributed by atoms with Crippen molar-refractivity contribution in [3.8, 4) is 5.69 Å². The first-order valence-corrected chi connectivity index (χ1v) is 8.65. The minimum absolute atomic E-state index is 0.0454. The molecule has 2 atom stereocenters. The maximum Gasteiger partial charge on any atom is 0.416 e. The third-order valence-corrected chi connectivity index (χ3v) is 5.00. The molecule has 0 spiro atoms. The van der Waals surface area contributed by atoms with Gasteiger partial charge in [-0.05, 0) is 43.0 Å². The summed E-state index contributed by atoms with van der Waals surface area (Å²) in [5, 5.41) is 0.584. The summed E-state index contributed by atoms with van der Waals surface area (Å²) in [6, 6.07) is 9.47. The van der Waals surface area contributed by atoms with E-state index in [0.717, 1.165) is 16.7 Å². The summed E-state index contributed by atoms with van der Waals surface area (Å²) in [6.45, 7) is 0. The molecule has 1 heterocycles. The van der Waals surface area contributed by atoms with Gasteiger partial charge in [-0.15, -0.1) is 0 Å². The molecule has 0 unspecified atom stereocenters. The molecule has 3 nitrogen and oxygen atoms in total.